The van der Waals surface area contributed by atoms with Gasteiger partial charge in [-0.05, 0) is 31.4 Å². The van der Waals surface area contributed by atoms with Gasteiger partial charge in [0, 0.05) is 25.4 Å². The third-order valence-electron chi connectivity index (χ3n) is 4.17. The Kier molecular flexibility index (Phi) is 6.72. The molecular formula is C17H22Cl2N2O2. The topological polar surface area (TPSA) is 49.4 Å². The molecule has 0 saturated carbocycles. The van der Waals surface area contributed by atoms with Gasteiger partial charge >= 0.3 is 0 Å². The van der Waals surface area contributed by atoms with Crippen LogP contribution in [-0.4, -0.2) is 29.8 Å². The molecule has 23 heavy (non-hydrogen) atoms. The fourth-order valence-electron chi connectivity index (χ4n) is 2.72. The predicted octanol–water partition coefficient (Wildman–Crippen LogP) is 4.36. The molecule has 2 amide bonds. The van der Waals surface area contributed by atoms with E-state index in [-0.39, 0.29) is 17.7 Å². The molecule has 2 rings (SSSR count). The molecule has 1 saturated heterocycles. The molecule has 1 N–H and O–H groups in total. The maximum absolute atomic E-state index is 12.4. The first kappa shape index (κ1) is 18.1. The molecule has 1 aliphatic heterocycles. The number of halogens is 2. The third-order valence-corrected chi connectivity index (χ3v) is 4.80. The van der Waals surface area contributed by atoms with E-state index in [1.165, 1.54) is 0 Å². The van der Waals surface area contributed by atoms with Crippen molar-refractivity contribution in [1.82, 2.24) is 4.90 Å². The van der Waals surface area contributed by atoms with Gasteiger partial charge in [-0.1, -0.05) is 42.6 Å². The molecule has 1 aromatic carbocycles. The average Bonchev–Trinajstić information content (AvgIpc) is 2.56. The Labute approximate surface area is 147 Å². The highest BCUT2D eigenvalue weighted by Crippen LogP contribution is 2.31. The van der Waals surface area contributed by atoms with E-state index >= 15 is 0 Å². The van der Waals surface area contributed by atoms with Gasteiger partial charge in [-0.2, -0.15) is 0 Å². The zero-order valence-corrected chi connectivity index (χ0v) is 14.8. The van der Waals surface area contributed by atoms with Crippen molar-refractivity contribution < 1.29 is 9.59 Å². The highest BCUT2D eigenvalue weighted by molar-refractivity contribution is 6.39. The molecule has 0 bridgehead atoms. The second-order valence-electron chi connectivity index (χ2n) is 5.84. The summed E-state index contributed by atoms with van der Waals surface area (Å²) in [5.41, 5.74) is 0.460. The maximum Gasteiger partial charge on any atom is 0.227 e. The van der Waals surface area contributed by atoms with Crippen LogP contribution in [0.3, 0.4) is 0 Å². The molecule has 1 fully saturated rings. The van der Waals surface area contributed by atoms with Crippen LogP contribution in [0.15, 0.2) is 18.2 Å². The summed E-state index contributed by atoms with van der Waals surface area (Å²) in [5.74, 6) is -0.00178. The number of anilines is 1. The van der Waals surface area contributed by atoms with Crippen LogP contribution >= 0.6 is 23.2 Å². The van der Waals surface area contributed by atoms with E-state index in [0.29, 0.717) is 48.1 Å². The zero-order valence-electron chi connectivity index (χ0n) is 13.3. The monoisotopic (exact) mass is 356 g/mol. The number of hydrogen-bond acceptors (Lipinski definition) is 2. The predicted molar refractivity (Wildman–Crippen MR) is 93.9 cm³/mol. The number of amides is 2. The van der Waals surface area contributed by atoms with E-state index < -0.39 is 0 Å². The van der Waals surface area contributed by atoms with Crippen LogP contribution in [-0.2, 0) is 9.59 Å². The van der Waals surface area contributed by atoms with Gasteiger partial charge in [-0.25, -0.2) is 0 Å². The number of hydrogen-bond donors (Lipinski definition) is 1. The van der Waals surface area contributed by atoms with Crippen LogP contribution < -0.4 is 5.32 Å². The van der Waals surface area contributed by atoms with Gasteiger partial charge in [0.2, 0.25) is 11.8 Å². The summed E-state index contributed by atoms with van der Waals surface area (Å²) < 4.78 is 0. The molecule has 1 heterocycles. The van der Waals surface area contributed by atoms with Crippen LogP contribution in [0.1, 0.15) is 39.0 Å². The standard InChI is InChI=1S/C17H22Cl2N2O2/c1-2-3-7-15(22)21-10-8-12(9-11-21)17(23)20-16-13(18)5-4-6-14(16)19/h4-6,12H,2-3,7-11H2,1H3,(H,20,23). The molecule has 126 valence electrons. The summed E-state index contributed by atoms with van der Waals surface area (Å²) in [6, 6.07) is 5.12. The number of nitrogens with one attached hydrogen (secondary N) is 1. The SMILES string of the molecule is CCCCC(=O)N1CCC(C(=O)Nc2c(Cl)cccc2Cl)CC1. The van der Waals surface area contributed by atoms with Crippen molar-refractivity contribution in [2.75, 3.05) is 18.4 Å². The first-order chi connectivity index (χ1) is 11.0. The Morgan fingerprint density at radius 3 is 2.39 bits per heavy atom. The minimum atomic E-state index is -0.113. The Morgan fingerprint density at radius 1 is 1.22 bits per heavy atom. The second kappa shape index (κ2) is 8.55. The lowest BCUT2D eigenvalue weighted by molar-refractivity contribution is -0.134. The van der Waals surface area contributed by atoms with Crippen molar-refractivity contribution >= 4 is 40.7 Å². The van der Waals surface area contributed by atoms with Gasteiger partial charge in [0.1, 0.15) is 0 Å². The van der Waals surface area contributed by atoms with Gasteiger partial charge in [0.25, 0.3) is 0 Å². The number of carbonyl (C=O) groups is 2. The average molecular weight is 357 g/mol. The van der Waals surface area contributed by atoms with Crippen LogP contribution in [0.5, 0.6) is 0 Å². The van der Waals surface area contributed by atoms with Crippen molar-refractivity contribution in [1.29, 1.82) is 0 Å². The van der Waals surface area contributed by atoms with E-state index in [9.17, 15) is 9.59 Å². The highest BCUT2D eigenvalue weighted by Gasteiger charge is 2.27. The molecule has 1 aromatic rings. The van der Waals surface area contributed by atoms with Crippen LogP contribution in [0, 0.1) is 5.92 Å². The second-order valence-corrected chi connectivity index (χ2v) is 6.66. The fourth-order valence-corrected chi connectivity index (χ4v) is 3.21. The van der Waals surface area contributed by atoms with Crippen molar-refractivity contribution in [2.24, 2.45) is 5.92 Å². The van der Waals surface area contributed by atoms with Gasteiger partial charge in [-0.3, -0.25) is 9.59 Å². The summed E-state index contributed by atoms with van der Waals surface area (Å²) in [6.45, 7) is 3.34. The smallest absolute Gasteiger partial charge is 0.227 e. The van der Waals surface area contributed by atoms with E-state index in [0.717, 1.165) is 12.8 Å². The van der Waals surface area contributed by atoms with Gasteiger partial charge in [-0.15, -0.1) is 0 Å². The van der Waals surface area contributed by atoms with E-state index in [1.54, 1.807) is 18.2 Å². The van der Waals surface area contributed by atoms with Crippen LogP contribution in [0.2, 0.25) is 10.0 Å². The molecular weight excluding hydrogens is 335 g/mol. The van der Waals surface area contributed by atoms with Gasteiger partial charge < -0.3 is 10.2 Å². The first-order valence-electron chi connectivity index (χ1n) is 8.05. The lowest BCUT2D eigenvalue weighted by Gasteiger charge is -2.31. The number of rotatable bonds is 5. The minimum Gasteiger partial charge on any atom is -0.343 e. The van der Waals surface area contributed by atoms with Crippen molar-refractivity contribution in [3.05, 3.63) is 28.2 Å². The first-order valence-corrected chi connectivity index (χ1v) is 8.81. The molecule has 0 atom stereocenters. The largest absolute Gasteiger partial charge is 0.343 e. The molecule has 6 heteroatoms. The number of likely N-dealkylation sites (tertiary alicyclic amines) is 1. The molecule has 0 aromatic heterocycles. The Balaban J connectivity index is 1.88. The summed E-state index contributed by atoms with van der Waals surface area (Å²) in [5, 5.41) is 3.68. The van der Waals surface area contributed by atoms with Gasteiger partial charge in [0.05, 0.1) is 15.7 Å². The molecule has 4 nitrogen and oxygen atoms in total. The summed E-state index contributed by atoms with van der Waals surface area (Å²) in [7, 11) is 0. The van der Waals surface area contributed by atoms with Gasteiger partial charge in [0.15, 0.2) is 0 Å². The number of carbonyl (C=O) groups excluding carboxylic acids is 2. The molecule has 0 radical (unpaired) electrons. The zero-order chi connectivity index (χ0) is 16.8. The number of piperidine rings is 1. The van der Waals surface area contributed by atoms with Crippen molar-refractivity contribution in [3.63, 3.8) is 0 Å². The van der Waals surface area contributed by atoms with Crippen LogP contribution in [0.4, 0.5) is 5.69 Å². The van der Waals surface area contributed by atoms with Crippen molar-refractivity contribution in [3.8, 4) is 0 Å². The minimum absolute atomic E-state index is 0.0827. The quantitative estimate of drug-likeness (QED) is 0.851. The Hall–Kier alpha value is -1.26. The number of benzene rings is 1. The summed E-state index contributed by atoms with van der Waals surface area (Å²) in [4.78, 5) is 26.3. The normalized spacial score (nSPS) is 15.5. The lowest BCUT2D eigenvalue weighted by atomic mass is 9.95. The Morgan fingerprint density at radius 2 is 1.83 bits per heavy atom. The fraction of sp³-hybridized carbons (Fsp3) is 0.529. The highest BCUT2D eigenvalue weighted by atomic mass is 35.5. The van der Waals surface area contributed by atoms with Crippen LogP contribution in [0.25, 0.3) is 0 Å². The molecule has 0 aliphatic carbocycles. The van der Waals surface area contributed by atoms with Crippen molar-refractivity contribution in [2.45, 2.75) is 39.0 Å². The number of para-hydroxylation sites is 1. The molecule has 0 unspecified atom stereocenters. The number of unbranched alkanes of at least 4 members (excludes halogenated alkanes) is 1. The lowest BCUT2D eigenvalue weighted by Crippen LogP contribution is -2.41. The van der Waals surface area contributed by atoms with E-state index in [4.69, 9.17) is 23.2 Å². The van der Waals surface area contributed by atoms with E-state index in [2.05, 4.69) is 12.2 Å². The molecule has 1 aliphatic rings. The number of nitrogens with zero attached hydrogens (tertiary/aromatic N) is 1. The Bertz CT molecular complexity index is 549. The summed E-state index contributed by atoms with van der Waals surface area (Å²) >= 11 is 12.1. The third kappa shape index (κ3) is 4.85. The maximum atomic E-state index is 12.4. The summed E-state index contributed by atoms with van der Waals surface area (Å²) in [6.07, 6.45) is 3.88. The molecule has 0 spiro atoms. The van der Waals surface area contributed by atoms with E-state index in [1.807, 2.05) is 4.90 Å².